The van der Waals surface area contributed by atoms with Crippen LogP contribution >= 0.6 is 0 Å². The SMILES string of the molecule is CCn1c(C)cc(CC2=NC(=O)N(Cc3ccccc3)C2=O)c1C. The molecule has 1 aromatic carbocycles. The lowest BCUT2D eigenvalue weighted by atomic mass is 10.1. The van der Waals surface area contributed by atoms with Crippen LogP contribution in [0.5, 0.6) is 0 Å². The molecule has 0 aliphatic carbocycles. The van der Waals surface area contributed by atoms with Crippen molar-refractivity contribution in [3.05, 3.63) is 58.9 Å². The van der Waals surface area contributed by atoms with Gasteiger partial charge in [-0.3, -0.25) is 9.69 Å². The van der Waals surface area contributed by atoms with Crippen LogP contribution in [-0.2, 0) is 24.3 Å². The van der Waals surface area contributed by atoms with Gasteiger partial charge in [0.05, 0.1) is 6.54 Å². The van der Waals surface area contributed by atoms with Gasteiger partial charge in [0.2, 0.25) is 0 Å². The van der Waals surface area contributed by atoms with Crippen LogP contribution in [0.25, 0.3) is 0 Å². The molecule has 3 amide bonds. The van der Waals surface area contributed by atoms with Gasteiger partial charge in [0.25, 0.3) is 5.91 Å². The average Bonchev–Trinajstić information content (AvgIpc) is 2.99. The molecule has 0 radical (unpaired) electrons. The summed E-state index contributed by atoms with van der Waals surface area (Å²) in [6.07, 6.45) is 0.398. The van der Waals surface area contributed by atoms with E-state index >= 15 is 0 Å². The summed E-state index contributed by atoms with van der Waals surface area (Å²) >= 11 is 0. The Labute approximate surface area is 141 Å². The van der Waals surface area contributed by atoms with Gasteiger partial charge in [-0.2, -0.15) is 4.99 Å². The Morgan fingerprint density at radius 1 is 1.08 bits per heavy atom. The number of hydrogen-bond donors (Lipinski definition) is 0. The third-order valence-electron chi connectivity index (χ3n) is 4.49. The first-order chi connectivity index (χ1) is 11.5. The zero-order valence-corrected chi connectivity index (χ0v) is 14.2. The fourth-order valence-corrected chi connectivity index (χ4v) is 3.21. The first-order valence-electron chi connectivity index (χ1n) is 8.14. The molecule has 0 fully saturated rings. The Hall–Kier alpha value is -2.69. The summed E-state index contributed by atoms with van der Waals surface area (Å²) in [7, 11) is 0. The van der Waals surface area contributed by atoms with E-state index in [-0.39, 0.29) is 12.5 Å². The fraction of sp³-hybridized carbons (Fsp3) is 0.316. The quantitative estimate of drug-likeness (QED) is 0.848. The molecular weight excluding hydrogens is 302 g/mol. The lowest BCUT2D eigenvalue weighted by Gasteiger charge is -2.13. The van der Waals surface area contributed by atoms with E-state index in [4.69, 9.17) is 0 Å². The molecule has 0 unspecified atom stereocenters. The van der Waals surface area contributed by atoms with Crippen molar-refractivity contribution < 1.29 is 9.59 Å². The highest BCUT2D eigenvalue weighted by atomic mass is 16.2. The highest BCUT2D eigenvalue weighted by molar-refractivity contribution is 6.46. The van der Waals surface area contributed by atoms with Crippen LogP contribution < -0.4 is 0 Å². The Balaban J connectivity index is 1.78. The molecule has 24 heavy (non-hydrogen) atoms. The van der Waals surface area contributed by atoms with Gasteiger partial charge >= 0.3 is 6.03 Å². The van der Waals surface area contributed by atoms with E-state index in [0.717, 1.165) is 29.1 Å². The topological polar surface area (TPSA) is 54.7 Å². The number of carbonyl (C=O) groups excluding carboxylic acids is 2. The molecule has 5 nitrogen and oxygen atoms in total. The van der Waals surface area contributed by atoms with Crippen molar-refractivity contribution in [2.75, 3.05) is 0 Å². The van der Waals surface area contributed by atoms with Crippen LogP contribution in [0.4, 0.5) is 4.79 Å². The molecule has 0 N–H and O–H groups in total. The molecule has 0 spiro atoms. The summed E-state index contributed by atoms with van der Waals surface area (Å²) in [4.78, 5) is 29.9. The monoisotopic (exact) mass is 323 g/mol. The number of hydrogen-bond acceptors (Lipinski definition) is 2. The summed E-state index contributed by atoms with van der Waals surface area (Å²) < 4.78 is 2.19. The van der Waals surface area contributed by atoms with E-state index < -0.39 is 6.03 Å². The van der Waals surface area contributed by atoms with E-state index in [2.05, 4.69) is 22.5 Å². The van der Waals surface area contributed by atoms with Crippen LogP contribution in [0, 0.1) is 13.8 Å². The maximum Gasteiger partial charge on any atom is 0.351 e. The molecule has 0 atom stereocenters. The molecule has 1 aliphatic rings. The van der Waals surface area contributed by atoms with Gasteiger partial charge in [0, 0.05) is 24.4 Å². The average molecular weight is 323 g/mol. The lowest BCUT2D eigenvalue weighted by molar-refractivity contribution is -0.121. The zero-order chi connectivity index (χ0) is 17.3. The Morgan fingerprint density at radius 3 is 2.42 bits per heavy atom. The van der Waals surface area contributed by atoms with Gasteiger partial charge in [-0.25, -0.2) is 4.79 Å². The largest absolute Gasteiger partial charge is 0.351 e. The lowest BCUT2D eigenvalue weighted by Crippen LogP contribution is -2.32. The summed E-state index contributed by atoms with van der Waals surface area (Å²) in [5, 5.41) is 0. The maximum atomic E-state index is 12.6. The minimum Gasteiger partial charge on any atom is -0.349 e. The summed E-state index contributed by atoms with van der Waals surface area (Å²) in [5.74, 6) is -0.287. The first kappa shape index (κ1) is 16.2. The molecule has 3 rings (SSSR count). The Bertz CT molecular complexity index is 819. The number of benzene rings is 1. The van der Waals surface area contributed by atoms with E-state index in [0.29, 0.717) is 12.1 Å². The van der Waals surface area contributed by atoms with E-state index in [1.54, 1.807) is 0 Å². The van der Waals surface area contributed by atoms with E-state index in [9.17, 15) is 9.59 Å². The van der Waals surface area contributed by atoms with Crippen molar-refractivity contribution in [1.29, 1.82) is 0 Å². The number of carbonyl (C=O) groups is 2. The van der Waals surface area contributed by atoms with Crippen LogP contribution in [0.15, 0.2) is 41.4 Å². The van der Waals surface area contributed by atoms with Crippen molar-refractivity contribution in [1.82, 2.24) is 9.47 Å². The van der Waals surface area contributed by atoms with Crippen molar-refractivity contribution >= 4 is 17.6 Å². The predicted octanol–water partition coefficient (Wildman–Crippen LogP) is 3.27. The van der Waals surface area contributed by atoms with Crippen LogP contribution in [0.2, 0.25) is 0 Å². The molecule has 5 heteroatoms. The van der Waals surface area contributed by atoms with Gasteiger partial charge in [-0.15, -0.1) is 0 Å². The maximum absolute atomic E-state index is 12.6. The number of nitrogens with zero attached hydrogens (tertiary/aromatic N) is 3. The number of aromatic nitrogens is 1. The highest BCUT2D eigenvalue weighted by Crippen LogP contribution is 2.19. The Morgan fingerprint density at radius 2 is 1.79 bits per heavy atom. The fourth-order valence-electron chi connectivity index (χ4n) is 3.21. The van der Waals surface area contributed by atoms with Gasteiger partial charge < -0.3 is 4.57 Å². The highest BCUT2D eigenvalue weighted by Gasteiger charge is 2.33. The van der Waals surface area contributed by atoms with E-state index in [1.165, 1.54) is 4.90 Å². The second-order valence-electron chi connectivity index (χ2n) is 6.04. The minimum atomic E-state index is -0.469. The molecule has 0 saturated carbocycles. The van der Waals surface area contributed by atoms with Crippen molar-refractivity contribution in [2.24, 2.45) is 4.99 Å². The molecule has 0 saturated heterocycles. The summed E-state index contributed by atoms with van der Waals surface area (Å²) in [6, 6.07) is 11.1. The van der Waals surface area contributed by atoms with Gasteiger partial charge in [0.15, 0.2) is 0 Å². The molecule has 1 aromatic heterocycles. The number of urea groups is 1. The second-order valence-corrected chi connectivity index (χ2v) is 6.04. The zero-order valence-electron chi connectivity index (χ0n) is 14.2. The summed E-state index contributed by atoms with van der Waals surface area (Å²) in [6.45, 7) is 7.32. The minimum absolute atomic E-state index is 0.263. The van der Waals surface area contributed by atoms with Crippen LogP contribution in [0.1, 0.15) is 29.4 Å². The number of amides is 3. The number of aryl methyl sites for hydroxylation is 1. The van der Waals surface area contributed by atoms with Gasteiger partial charge in [0.1, 0.15) is 5.71 Å². The number of imide groups is 1. The van der Waals surface area contributed by atoms with E-state index in [1.807, 2.05) is 44.2 Å². The van der Waals surface area contributed by atoms with Crippen molar-refractivity contribution in [3.63, 3.8) is 0 Å². The molecule has 0 bridgehead atoms. The molecule has 2 heterocycles. The van der Waals surface area contributed by atoms with Crippen molar-refractivity contribution in [3.8, 4) is 0 Å². The molecule has 2 aromatic rings. The van der Waals surface area contributed by atoms with Gasteiger partial charge in [-0.05, 0) is 38.0 Å². The molecule has 124 valence electrons. The van der Waals surface area contributed by atoms with Gasteiger partial charge in [-0.1, -0.05) is 30.3 Å². The third kappa shape index (κ3) is 2.89. The number of aliphatic imine (C=N–C) groups is 1. The Kier molecular flexibility index (Phi) is 4.34. The third-order valence-corrected chi connectivity index (χ3v) is 4.49. The van der Waals surface area contributed by atoms with Crippen LogP contribution in [0.3, 0.4) is 0 Å². The molecule has 1 aliphatic heterocycles. The smallest absolute Gasteiger partial charge is 0.349 e. The normalized spacial score (nSPS) is 14.5. The number of rotatable bonds is 5. The van der Waals surface area contributed by atoms with Crippen LogP contribution in [-0.4, -0.2) is 27.1 Å². The standard InChI is InChI=1S/C19H21N3O2/c1-4-21-13(2)10-16(14(21)3)11-17-18(23)22(19(24)20-17)12-15-8-6-5-7-9-15/h5-10H,4,11-12H2,1-3H3. The van der Waals surface area contributed by atoms with Crippen molar-refractivity contribution in [2.45, 2.75) is 40.3 Å². The molecular formula is C19H21N3O2. The second kappa shape index (κ2) is 6.43. The summed E-state index contributed by atoms with van der Waals surface area (Å²) in [5.41, 5.74) is 4.57. The first-order valence-corrected chi connectivity index (χ1v) is 8.14. The predicted molar refractivity (Wildman–Crippen MR) is 93.1 cm³/mol.